The Bertz CT molecular complexity index is 1150. The van der Waals surface area contributed by atoms with E-state index in [4.69, 9.17) is 11.6 Å². The molecular formula is C23H23ClN2O3S. The van der Waals surface area contributed by atoms with Crippen LogP contribution in [0.25, 0.3) is 0 Å². The van der Waals surface area contributed by atoms with Crippen LogP contribution in [0.3, 0.4) is 0 Å². The van der Waals surface area contributed by atoms with Gasteiger partial charge in [0.05, 0.1) is 16.6 Å². The summed E-state index contributed by atoms with van der Waals surface area (Å²) in [6.45, 7) is 3.70. The number of anilines is 1. The Morgan fingerprint density at radius 2 is 1.63 bits per heavy atom. The summed E-state index contributed by atoms with van der Waals surface area (Å²) >= 11 is 5.86. The average molecular weight is 443 g/mol. The molecule has 0 bridgehead atoms. The molecule has 5 nitrogen and oxygen atoms in total. The SMILES string of the molecule is Cc1cc(C(=O)N[C@H](C)c2ccccc2)ccc1N(C)S(=O)(=O)c1ccc(Cl)cc1. The molecule has 0 unspecified atom stereocenters. The number of sulfonamides is 1. The number of carbonyl (C=O) groups excluding carboxylic acids is 1. The maximum atomic E-state index is 12.9. The minimum absolute atomic E-state index is 0.146. The zero-order chi connectivity index (χ0) is 21.9. The van der Waals surface area contributed by atoms with Crippen LogP contribution in [0.15, 0.2) is 77.7 Å². The van der Waals surface area contributed by atoms with Gasteiger partial charge < -0.3 is 5.32 Å². The van der Waals surface area contributed by atoms with Gasteiger partial charge in [-0.3, -0.25) is 9.10 Å². The van der Waals surface area contributed by atoms with Crippen molar-refractivity contribution < 1.29 is 13.2 Å². The molecule has 0 saturated carbocycles. The number of aryl methyl sites for hydroxylation is 1. The summed E-state index contributed by atoms with van der Waals surface area (Å²) in [5.74, 6) is -0.218. The van der Waals surface area contributed by atoms with E-state index in [-0.39, 0.29) is 16.8 Å². The van der Waals surface area contributed by atoms with Crippen molar-refractivity contribution in [1.29, 1.82) is 0 Å². The zero-order valence-corrected chi connectivity index (χ0v) is 18.5. The van der Waals surface area contributed by atoms with E-state index in [1.54, 1.807) is 25.1 Å². The lowest BCUT2D eigenvalue weighted by Crippen LogP contribution is -2.28. The molecule has 156 valence electrons. The Labute approximate surface area is 182 Å². The molecule has 3 aromatic carbocycles. The normalized spacial score (nSPS) is 12.3. The second-order valence-corrected chi connectivity index (χ2v) is 9.44. The van der Waals surface area contributed by atoms with Crippen LogP contribution in [0, 0.1) is 6.92 Å². The predicted molar refractivity (Wildman–Crippen MR) is 121 cm³/mol. The second-order valence-electron chi connectivity index (χ2n) is 7.03. The quantitative estimate of drug-likeness (QED) is 0.586. The summed E-state index contributed by atoms with van der Waals surface area (Å²) in [6.07, 6.45) is 0. The fourth-order valence-corrected chi connectivity index (χ4v) is 4.54. The molecule has 1 amide bonds. The van der Waals surface area contributed by atoms with Gasteiger partial charge in [-0.05, 0) is 67.4 Å². The van der Waals surface area contributed by atoms with Gasteiger partial charge >= 0.3 is 0 Å². The number of rotatable bonds is 6. The van der Waals surface area contributed by atoms with Crippen molar-refractivity contribution in [2.75, 3.05) is 11.4 Å². The van der Waals surface area contributed by atoms with Crippen molar-refractivity contribution in [2.24, 2.45) is 0 Å². The summed E-state index contributed by atoms with van der Waals surface area (Å²) in [7, 11) is -2.26. The largest absolute Gasteiger partial charge is 0.346 e. The smallest absolute Gasteiger partial charge is 0.264 e. The highest BCUT2D eigenvalue weighted by Crippen LogP contribution is 2.27. The molecule has 0 aliphatic carbocycles. The summed E-state index contributed by atoms with van der Waals surface area (Å²) in [5.41, 5.74) is 2.65. The highest BCUT2D eigenvalue weighted by Gasteiger charge is 2.23. The van der Waals surface area contributed by atoms with Gasteiger partial charge in [-0.2, -0.15) is 0 Å². The van der Waals surface area contributed by atoms with Gasteiger partial charge in [0.25, 0.3) is 15.9 Å². The second kappa shape index (κ2) is 8.90. The monoisotopic (exact) mass is 442 g/mol. The third-order valence-corrected chi connectivity index (χ3v) is 6.96. The Kier molecular flexibility index (Phi) is 6.48. The van der Waals surface area contributed by atoms with Gasteiger partial charge in [-0.1, -0.05) is 41.9 Å². The van der Waals surface area contributed by atoms with Crippen LogP contribution in [0.5, 0.6) is 0 Å². The molecule has 0 aliphatic heterocycles. The third kappa shape index (κ3) is 4.66. The Balaban J connectivity index is 1.80. The van der Waals surface area contributed by atoms with Crippen LogP contribution >= 0.6 is 11.6 Å². The van der Waals surface area contributed by atoms with Crippen molar-refractivity contribution in [3.8, 4) is 0 Å². The lowest BCUT2D eigenvalue weighted by atomic mass is 10.1. The lowest BCUT2D eigenvalue weighted by Gasteiger charge is -2.22. The molecule has 0 radical (unpaired) electrons. The Morgan fingerprint density at radius 1 is 1.00 bits per heavy atom. The molecule has 1 atom stereocenters. The van der Waals surface area contributed by atoms with E-state index in [1.807, 2.05) is 37.3 Å². The maximum Gasteiger partial charge on any atom is 0.264 e. The number of nitrogens with zero attached hydrogens (tertiary/aromatic N) is 1. The van der Waals surface area contributed by atoms with Crippen molar-refractivity contribution in [3.63, 3.8) is 0 Å². The fourth-order valence-electron chi connectivity index (χ4n) is 3.15. The van der Waals surface area contributed by atoms with E-state index in [0.29, 0.717) is 21.8 Å². The molecule has 0 aromatic heterocycles. The number of hydrogen-bond acceptors (Lipinski definition) is 3. The van der Waals surface area contributed by atoms with Gasteiger partial charge in [-0.15, -0.1) is 0 Å². The number of hydrogen-bond donors (Lipinski definition) is 1. The molecule has 0 saturated heterocycles. The first-order valence-electron chi connectivity index (χ1n) is 9.41. The van der Waals surface area contributed by atoms with E-state index < -0.39 is 10.0 Å². The van der Waals surface area contributed by atoms with E-state index >= 15 is 0 Å². The number of nitrogens with one attached hydrogen (secondary N) is 1. The van der Waals surface area contributed by atoms with Crippen molar-refractivity contribution >= 4 is 33.2 Å². The highest BCUT2D eigenvalue weighted by atomic mass is 35.5. The van der Waals surface area contributed by atoms with Crippen LogP contribution in [0.2, 0.25) is 5.02 Å². The molecule has 3 aromatic rings. The molecule has 0 spiro atoms. The lowest BCUT2D eigenvalue weighted by molar-refractivity contribution is 0.0940. The molecule has 0 heterocycles. The number of carbonyl (C=O) groups is 1. The molecular weight excluding hydrogens is 420 g/mol. The predicted octanol–water partition coefficient (Wildman–Crippen LogP) is 4.96. The molecule has 3 rings (SSSR count). The number of amides is 1. The minimum atomic E-state index is -3.75. The van der Waals surface area contributed by atoms with Crippen LogP contribution < -0.4 is 9.62 Å². The first-order chi connectivity index (χ1) is 14.2. The summed E-state index contributed by atoms with van der Waals surface area (Å²) < 4.78 is 27.0. The first kappa shape index (κ1) is 21.9. The van der Waals surface area contributed by atoms with Gasteiger partial charge in [0.1, 0.15) is 0 Å². The molecule has 1 N–H and O–H groups in total. The van der Waals surface area contributed by atoms with E-state index in [2.05, 4.69) is 5.32 Å². The molecule has 0 aliphatic rings. The third-order valence-electron chi connectivity index (χ3n) is 4.92. The van der Waals surface area contributed by atoms with E-state index in [0.717, 1.165) is 5.56 Å². The summed E-state index contributed by atoms with van der Waals surface area (Å²) in [4.78, 5) is 12.8. The van der Waals surface area contributed by atoms with Crippen LogP contribution in [-0.4, -0.2) is 21.4 Å². The molecule has 0 fully saturated rings. The van der Waals surface area contributed by atoms with Crippen molar-refractivity contribution in [1.82, 2.24) is 5.32 Å². The van der Waals surface area contributed by atoms with Crippen molar-refractivity contribution in [2.45, 2.75) is 24.8 Å². The van der Waals surface area contributed by atoms with Gasteiger partial charge in [0.15, 0.2) is 0 Å². The summed E-state index contributed by atoms with van der Waals surface area (Å²) in [5, 5.41) is 3.43. The van der Waals surface area contributed by atoms with Crippen molar-refractivity contribution in [3.05, 3.63) is 94.5 Å². The number of halogens is 1. The zero-order valence-electron chi connectivity index (χ0n) is 17.0. The van der Waals surface area contributed by atoms with E-state index in [9.17, 15) is 13.2 Å². The Hall–Kier alpha value is -2.83. The summed E-state index contributed by atoms with van der Waals surface area (Å²) in [6, 6.07) is 20.5. The molecule has 30 heavy (non-hydrogen) atoms. The minimum Gasteiger partial charge on any atom is -0.346 e. The fraction of sp³-hybridized carbons (Fsp3) is 0.174. The highest BCUT2D eigenvalue weighted by molar-refractivity contribution is 7.92. The molecule has 7 heteroatoms. The van der Waals surface area contributed by atoms with Crippen LogP contribution in [-0.2, 0) is 10.0 Å². The van der Waals surface area contributed by atoms with Gasteiger partial charge in [0, 0.05) is 17.6 Å². The maximum absolute atomic E-state index is 12.9. The van der Waals surface area contributed by atoms with Crippen LogP contribution in [0.4, 0.5) is 5.69 Å². The van der Waals surface area contributed by atoms with E-state index in [1.165, 1.54) is 35.6 Å². The Morgan fingerprint density at radius 3 is 2.23 bits per heavy atom. The standard InChI is InChI=1S/C23H23ClN2O3S/c1-16-15-19(23(27)25-17(2)18-7-5-4-6-8-18)9-14-22(16)26(3)30(28,29)21-12-10-20(24)11-13-21/h4-15,17H,1-3H3,(H,25,27)/t17-/m1/s1. The topological polar surface area (TPSA) is 66.5 Å². The average Bonchev–Trinajstić information content (AvgIpc) is 2.74. The van der Waals surface area contributed by atoms with Crippen LogP contribution in [0.1, 0.15) is 34.5 Å². The van der Waals surface area contributed by atoms with Gasteiger partial charge in [-0.25, -0.2) is 8.42 Å². The first-order valence-corrected chi connectivity index (χ1v) is 11.2. The van der Waals surface area contributed by atoms with Gasteiger partial charge in [0.2, 0.25) is 0 Å². The number of benzene rings is 3.